The summed E-state index contributed by atoms with van der Waals surface area (Å²) in [5.74, 6) is 2.78. The molecule has 4 nitrogen and oxygen atoms in total. The first kappa shape index (κ1) is 13.1. The molecule has 0 amide bonds. The van der Waals surface area contributed by atoms with E-state index < -0.39 is 0 Å². The molecule has 18 heavy (non-hydrogen) atoms. The van der Waals surface area contributed by atoms with Crippen LogP contribution in [0.25, 0.3) is 0 Å². The Hall–Kier alpha value is -1.29. The van der Waals surface area contributed by atoms with E-state index in [-0.39, 0.29) is 0 Å². The number of rotatable bonds is 7. The molecule has 0 aromatic carbocycles. The highest BCUT2D eigenvalue weighted by Gasteiger charge is 2.32. The van der Waals surface area contributed by atoms with Gasteiger partial charge >= 0.3 is 0 Å². The van der Waals surface area contributed by atoms with Crippen LogP contribution in [0.3, 0.4) is 0 Å². The average molecular weight is 249 g/mol. The Labute approximate surface area is 109 Å². The predicted molar refractivity (Wildman–Crippen MR) is 75.2 cm³/mol. The number of methoxy groups -OCH3 is 1. The van der Waals surface area contributed by atoms with Gasteiger partial charge in [-0.1, -0.05) is 6.07 Å². The van der Waals surface area contributed by atoms with E-state index in [1.807, 2.05) is 19.2 Å². The Morgan fingerprint density at radius 2 is 2.28 bits per heavy atom. The van der Waals surface area contributed by atoms with Gasteiger partial charge in [0.1, 0.15) is 11.6 Å². The Morgan fingerprint density at radius 3 is 2.89 bits per heavy atom. The lowest BCUT2D eigenvalue weighted by molar-refractivity contribution is 0.202. The van der Waals surface area contributed by atoms with Gasteiger partial charge in [0.2, 0.25) is 0 Å². The fourth-order valence-corrected chi connectivity index (χ4v) is 2.27. The highest BCUT2D eigenvalue weighted by molar-refractivity contribution is 5.47. The maximum Gasteiger partial charge on any atom is 0.131 e. The maximum absolute atomic E-state index is 5.22. The van der Waals surface area contributed by atoms with Gasteiger partial charge in [0.05, 0.1) is 6.61 Å². The van der Waals surface area contributed by atoms with Crippen molar-refractivity contribution in [3.05, 3.63) is 18.2 Å². The molecular weight excluding hydrogens is 226 g/mol. The van der Waals surface area contributed by atoms with Crippen LogP contribution in [0.2, 0.25) is 0 Å². The van der Waals surface area contributed by atoms with E-state index in [2.05, 4.69) is 28.2 Å². The highest BCUT2D eigenvalue weighted by Crippen LogP contribution is 2.36. The van der Waals surface area contributed by atoms with E-state index in [0.717, 1.165) is 30.7 Å². The molecule has 2 rings (SSSR count). The van der Waals surface area contributed by atoms with Crippen molar-refractivity contribution in [2.24, 2.45) is 5.92 Å². The summed E-state index contributed by atoms with van der Waals surface area (Å²) in [6.45, 7) is 3.93. The molecule has 1 heterocycles. The minimum absolute atomic E-state index is 0.541. The first-order valence-electron chi connectivity index (χ1n) is 6.66. The molecule has 1 saturated carbocycles. The van der Waals surface area contributed by atoms with Crippen LogP contribution in [-0.2, 0) is 4.74 Å². The molecule has 1 N–H and O–H groups in total. The van der Waals surface area contributed by atoms with Crippen molar-refractivity contribution in [3.63, 3.8) is 0 Å². The van der Waals surface area contributed by atoms with Gasteiger partial charge in [0, 0.05) is 26.7 Å². The molecule has 0 spiro atoms. The molecule has 1 atom stereocenters. The second-order valence-corrected chi connectivity index (χ2v) is 4.90. The smallest absolute Gasteiger partial charge is 0.131 e. The third kappa shape index (κ3) is 3.13. The van der Waals surface area contributed by atoms with Crippen molar-refractivity contribution in [3.8, 4) is 0 Å². The largest absolute Gasteiger partial charge is 0.383 e. The third-order valence-corrected chi connectivity index (χ3v) is 3.62. The summed E-state index contributed by atoms with van der Waals surface area (Å²) in [6.07, 6.45) is 2.69. The molecule has 1 aliphatic rings. The standard InChI is InChI=1S/C14H23N3O/c1-11(12-7-8-12)17(9-10-18-3)14-6-4-5-13(15-2)16-14/h4-6,11-12H,7-10H2,1-3H3,(H,15,16). The number of nitrogens with zero attached hydrogens (tertiary/aromatic N) is 2. The predicted octanol–water partition coefficient (Wildman–Crippen LogP) is 2.37. The van der Waals surface area contributed by atoms with Gasteiger partial charge in [-0.2, -0.15) is 0 Å². The van der Waals surface area contributed by atoms with Gasteiger partial charge in [0.25, 0.3) is 0 Å². The normalized spacial score (nSPS) is 16.4. The van der Waals surface area contributed by atoms with Crippen molar-refractivity contribution in [1.29, 1.82) is 0 Å². The molecule has 1 fully saturated rings. The SMILES string of the molecule is CNc1cccc(N(CCOC)C(C)C2CC2)n1. The van der Waals surface area contributed by atoms with Gasteiger partial charge in [-0.25, -0.2) is 4.98 Å². The Kier molecular flexibility index (Phi) is 4.42. The quantitative estimate of drug-likeness (QED) is 0.805. The fourth-order valence-electron chi connectivity index (χ4n) is 2.27. The molecule has 1 aromatic rings. The van der Waals surface area contributed by atoms with Gasteiger partial charge in [-0.05, 0) is 37.8 Å². The number of aromatic nitrogens is 1. The summed E-state index contributed by atoms with van der Waals surface area (Å²) >= 11 is 0. The van der Waals surface area contributed by atoms with Crippen LogP contribution in [-0.4, -0.2) is 38.3 Å². The zero-order chi connectivity index (χ0) is 13.0. The van der Waals surface area contributed by atoms with Gasteiger partial charge in [-0.15, -0.1) is 0 Å². The summed E-state index contributed by atoms with van der Waals surface area (Å²) in [4.78, 5) is 7.00. The van der Waals surface area contributed by atoms with E-state index >= 15 is 0 Å². The van der Waals surface area contributed by atoms with Crippen molar-refractivity contribution in [1.82, 2.24) is 4.98 Å². The Morgan fingerprint density at radius 1 is 1.50 bits per heavy atom. The lowest BCUT2D eigenvalue weighted by Crippen LogP contribution is -2.37. The molecule has 1 unspecified atom stereocenters. The number of ether oxygens (including phenoxy) is 1. The maximum atomic E-state index is 5.22. The minimum atomic E-state index is 0.541. The number of nitrogens with one attached hydrogen (secondary N) is 1. The molecule has 1 aliphatic carbocycles. The molecule has 0 aliphatic heterocycles. The molecule has 1 aromatic heterocycles. The summed E-state index contributed by atoms with van der Waals surface area (Å²) in [5, 5.41) is 3.09. The topological polar surface area (TPSA) is 37.4 Å². The van der Waals surface area contributed by atoms with E-state index in [0.29, 0.717) is 6.04 Å². The Balaban J connectivity index is 2.14. The van der Waals surface area contributed by atoms with Crippen LogP contribution >= 0.6 is 0 Å². The van der Waals surface area contributed by atoms with E-state index in [9.17, 15) is 0 Å². The first-order chi connectivity index (χ1) is 8.76. The first-order valence-corrected chi connectivity index (χ1v) is 6.66. The second-order valence-electron chi connectivity index (χ2n) is 4.90. The van der Waals surface area contributed by atoms with Crippen molar-refractivity contribution in [2.75, 3.05) is 37.5 Å². The van der Waals surface area contributed by atoms with Crippen molar-refractivity contribution in [2.45, 2.75) is 25.8 Å². The Bertz CT molecular complexity index is 379. The number of pyridine rings is 1. The van der Waals surface area contributed by atoms with Crippen LogP contribution in [0.15, 0.2) is 18.2 Å². The van der Waals surface area contributed by atoms with Crippen LogP contribution < -0.4 is 10.2 Å². The number of hydrogen-bond acceptors (Lipinski definition) is 4. The van der Waals surface area contributed by atoms with Crippen LogP contribution in [0, 0.1) is 5.92 Å². The summed E-state index contributed by atoms with van der Waals surface area (Å²) in [5.41, 5.74) is 0. The minimum Gasteiger partial charge on any atom is -0.383 e. The van der Waals surface area contributed by atoms with Crippen LogP contribution in [0.5, 0.6) is 0 Å². The average Bonchev–Trinajstić information content (AvgIpc) is 3.23. The molecule has 4 heteroatoms. The van der Waals surface area contributed by atoms with Crippen LogP contribution in [0.4, 0.5) is 11.6 Å². The van der Waals surface area contributed by atoms with Gasteiger partial charge in [0.15, 0.2) is 0 Å². The second kappa shape index (κ2) is 6.05. The van der Waals surface area contributed by atoms with Crippen molar-refractivity contribution < 1.29 is 4.74 Å². The van der Waals surface area contributed by atoms with Gasteiger partial charge in [-0.3, -0.25) is 0 Å². The molecular formula is C14H23N3O. The third-order valence-electron chi connectivity index (χ3n) is 3.62. The van der Waals surface area contributed by atoms with Gasteiger partial charge < -0.3 is 15.0 Å². The zero-order valence-electron chi connectivity index (χ0n) is 11.5. The highest BCUT2D eigenvalue weighted by atomic mass is 16.5. The monoisotopic (exact) mass is 249 g/mol. The lowest BCUT2D eigenvalue weighted by Gasteiger charge is -2.30. The number of anilines is 2. The summed E-state index contributed by atoms with van der Waals surface area (Å²) in [7, 11) is 3.65. The lowest BCUT2D eigenvalue weighted by atomic mass is 10.2. The molecule has 100 valence electrons. The van der Waals surface area contributed by atoms with Crippen LogP contribution in [0.1, 0.15) is 19.8 Å². The molecule has 0 bridgehead atoms. The van der Waals surface area contributed by atoms with E-state index in [1.165, 1.54) is 12.8 Å². The summed E-state index contributed by atoms with van der Waals surface area (Å²) < 4.78 is 5.22. The summed E-state index contributed by atoms with van der Waals surface area (Å²) in [6, 6.07) is 6.66. The van der Waals surface area contributed by atoms with E-state index in [4.69, 9.17) is 4.74 Å². The molecule has 0 radical (unpaired) electrons. The fraction of sp³-hybridized carbons (Fsp3) is 0.643. The van der Waals surface area contributed by atoms with E-state index in [1.54, 1.807) is 7.11 Å². The van der Waals surface area contributed by atoms with Crippen molar-refractivity contribution >= 4 is 11.6 Å². The zero-order valence-corrected chi connectivity index (χ0v) is 11.5. The molecule has 0 saturated heterocycles. The number of hydrogen-bond donors (Lipinski definition) is 1.